The number of pyridine rings is 1. The first-order valence-electron chi connectivity index (χ1n) is 8.36. The number of anilines is 1. The standard InChI is InChI=1S/C19H17ClN6O/c1-19(11-26-16(7-8-23-26)17(21)25-19)12-3-2-4-14(9-12)24-18(27)15-6-5-13(20)10-22-15/h2-10H,11H2,1H3,(H2,21,25)(H,24,27)/t19-/m1/s1. The van der Waals surface area contributed by atoms with E-state index in [2.05, 4.69) is 20.4 Å². The number of amidine groups is 1. The second kappa shape index (κ2) is 6.51. The van der Waals surface area contributed by atoms with E-state index >= 15 is 0 Å². The topological polar surface area (TPSA) is 98.2 Å². The molecule has 1 atom stereocenters. The van der Waals surface area contributed by atoms with Crippen molar-refractivity contribution in [2.45, 2.75) is 19.0 Å². The molecular formula is C19H17ClN6O. The molecule has 0 radical (unpaired) electrons. The molecule has 8 heteroatoms. The normalized spacial score (nSPS) is 18.5. The predicted octanol–water partition coefficient (Wildman–Crippen LogP) is 2.82. The Bertz CT molecular complexity index is 1040. The molecule has 3 heterocycles. The second-order valence-electron chi connectivity index (χ2n) is 6.54. The molecule has 1 aromatic carbocycles. The van der Waals surface area contributed by atoms with Gasteiger partial charge in [-0.2, -0.15) is 5.10 Å². The Morgan fingerprint density at radius 1 is 1.30 bits per heavy atom. The van der Waals surface area contributed by atoms with Gasteiger partial charge in [0.05, 0.1) is 11.6 Å². The molecular weight excluding hydrogens is 364 g/mol. The number of benzene rings is 1. The van der Waals surface area contributed by atoms with Gasteiger partial charge in [-0.05, 0) is 42.8 Å². The summed E-state index contributed by atoms with van der Waals surface area (Å²) in [5.74, 6) is 0.135. The first kappa shape index (κ1) is 17.2. The number of amides is 1. The Hall–Kier alpha value is -3.19. The summed E-state index contributed by atoms with van der Waals surface area (Å²) in [5.41, 5.74) is 8.20. The van der Waals surface area contributed by atoms with Crippen LogP contribution >= 0.6 is 11.6 Å². The summed E-state index contributed by atoms with van der Waals surface area (Å²) in [5, 5.41) is 7.64. The number of fused-ring (bicyclic) bond motifs is 1. The Kier molecular flexibility index (Phi) is 4.16. The minimum Gasteiger partial charge on any atom is -0.382 e. The first-order valence-corrected chi connectivity index (χ1v) is 8.73. The largest absolute Gasteiger partial charge is 0.382 e. The summed E-state index contributed by atoms with van der Waals surface area (Å²) in [6.07, 6.45) is 3.15. The van der Waals surface area contributed by atoms with Gasteiger partial charge >= 0.3 is 0 Å². The number of nitrogens with two attached hydrogens (primary N) is 1. The van der Waals surface area contributed by atoms with Gasteiger partial charge in [-0.15, -0.1) is 0 Å². The maximum atomic E-state index is 12.4. The van der Waals surface area contributed by atoms with Crippen LogP contribution in [-0.4, -0.2) is 26.5 Å². The van der Waals surface area contributed by atoms with E-state index in [4.69, 9.17) is 17.3 Å². The molecule has 0 bridgehead atoms. The van der Waals surface area contributed by atoms with Gasteiger partial charge in [0.15, 0.2) is 0 Å². The van der Waals surface area contributed by atoms with Crippen LogP contribution in [0.5, 0.6) is 0 Å². The molecule has 136 valence electrons. The van der Waals surface area contributed by atoms with E-state index in [1.54, 1.807) is 18.3 Å². The zero-order valence-corrected chi connectivity index (χ0v) is 15.3. The van der Waals surface area contributed by atoms with Crippen LogP contribution in [-0.2, 0) is 12.1 Å². The Morgan fingerprint density at radius 2 is 2.15 bits per heavy atom. The maximum absolute atomic E-state index is 12.4. The zero-order valence-electron chi connectivity index (χ0n) is 14.6. The minimum absolute atomic E-state index is 0.289. The molecule has 1 aliphatic heterocycles. The second-order valence-corrected chi connectivity index (χ2v) is 6.98. The molecule has 0 fully saturated rings. The fraction of sp³-hybridized carbons (Fsp3) is 0.158. The number of aromatic nitrogens is 3. The van der Waals surface area contributed by atoms with E-state index < -0.39 is 5.54 Å². The van der Waals surface area contributed by atoms with E-state index in [1.807, 2.05) is 41.9 Å². The van der Waals surface area contributed by atoms with Crippen LogP contribution in [0.15, 0.2) is 59.9 Å². The SMILES string of the molecule is C[C@]1(c2cccc(NC(=O)c3ccc(Cl)cn3)c2)Cn2nccc2C(N)=N1. The quantitative estimate of drug-likeness (QED) is 0.729. The van der Waals surface area contributed by atoms with Gasteiger partial charge in [0.2, 0.25) is 0 Å². The van der Waals surface area contributed by atoms with Gasteiger partial charge in [0, 0.05) is 18.1 Å². The van der Waals surface area contributed by atoms with Crippen LogP contribution < -0.4 is 11.1 Å². The molecule has 2 aromatic heterocycles. The molecule has 0 unspecified atom stereocenters. The van der Waals surface area contributed by atoms with Crippen molar-refractivity contribution in [3.8, 4) is 0 Å². The van der Waals surface area contributed by atoms with E-state index in [-0.39, 0.29) is 11.6 Å². The molecule has 0 saturated carbocycles. The molecule has 0 aliphatic carbocycles. The Labute approximate surface area is 160 Å². The summed E-state index contributed by atoms with van der Waals surface area (Å²) in [6.45, 7) is 2.55. The molecule has 1 amide bonds. The van der Waals surface area contributed by atoms with Crippen molar-refractivity contribution >= 4 is 29.0 Å². The molecule has 1 aliphatic rings. The first-order chi connectivity index (χ1) is 12.9. The molecule has 27 heavy (non-hydrogen) atoms. The summed E-state index contributed by atoms with van der Waals surface area (Å²) in [4.78, 5) is 21.1. The van der Waals surface area contributed by atoms with Crippen molar-refractivity contribution in [2.75, 3.05) is 5.32 Å². The third kappa shape index (κ3) is 3.29. The number of halogens is 1. The number of hydrogen-bond donors (Lipinski definition) is 2. The van der Waals surface area contributed by atoms with Crippen molar-refractivity contribution < 1.29 is 4.79 Å². The summed E-state index contributed by atoms with van der Waals surface area (Å²) in [7, 11) is 0. The summed E-state index contributed by atoms with van der Waals surface area (Å²) in [6, 6.07) is 12.6. The molecule has 3 aromatic rings. The number of carbonyl (C=O) groups is 1. The number of nitrogens with one attached hydrogen (secondary N) is 1. The Balaban J connectivity index is 1.60. The zero-order chi connectivity index (χ0) is 19.0. The molecule has 4 rings (SSSR count). The van der Waals surface area contributed by atoms with E-state index in [0.29, 0.717) is 23.1 Å². The lowest BCUT2D eigenvalue weighted by Gasteiger charge is -2.31. The van der Waals surface area contributed by atoms with Crippen LogP contribution in [0.25, 0.3) is 0 Å². The third-order valence-electron chi connectivity index (χ3n) is 4.51. The fourth-order valence-electron chi connectivity index (χ4n) is 3.12. The third-order valence-corrected chi connectivity index (χ3v) is 4.73. The van der Waals surface area contributed by atoms with Gasteiger partial charge in [-0.1, -0.05) is 23.7 Å². The number of rotatable bonds is 3. The van der Waals surface area contributed by atoms with Crippen LogP contribution in [0.3, 0.4) is 0 Å². The van der Waals surface area contributed by atoms with Gasteiger partial charge in [0.1, 0.15) is 22.8 Å². The summed E-state index contributed by atoms with van der Waals surface area (Å²) < 4.78 is 1.84. The lowest BCUT2D eigenvalue weighted by Crippen LogP contribution is -2.37. The average Bonchev–Trinajstić information content (AvgIpc) is 3.11. The van der Waals surface area contributed by atoms with Crippen molar-refractivity contribution in [1.29, 1.82) is 0 Å². The molecule has 7 nitrogen and oxygen atoms in total. The number of aliphatic imine (C=N–C) groups is 1. The van der Waals surface area contributed by atoms with E-state index in [9.17, 15) is 4.79 Å². The summed E-state index contributed by atoms with van der Waals surface area (Å²) >= 11 is 5.81. The minimum atomic E-state index is -0.581. The fourth-order valence-corrected chi connectivity index (χ4v) is 3.23. The highest BCUT2D eigenvalue weighted by atomic mass is 35.5. The van der Waals surface area contributed by atoms with Crippen molar-refractivity contribution in [3.63, 3.8) is 0 Å². The lowest BCUT2D eigenvalue weighted by molar-refractivity contribution is 0.102. The van der Waals surface area contributed by atoms with Gasteiger partial charge in [0.25, 0.3) is 5.91 Å². The van der Waals surface area contributed by atoms with Crippen LogP contribution in [0.4, 0.5) is 5.69 Å². The van der Waals surface area contributed by atoms with Gasteiger partial charge < -0.3 is 11.1 Å². The molecule has 0 saturated heterocycles. The average molecular weight is 381 g/mol. The monoisotopic (exact) mass is 380 g/mol. The smallest absolute Gasteiger partial charge is 0.274 e. The van der Waals surface area contributed by atoms with Crippen molar-refractivity contribution in [1.82, 2.24) is 14.8 Å². The lowest BCUT2D eigenvalue weighted by atomic mass is 9.91. The predicted molar refractivity (Wildman–Crippen MR) is 104 cm³/mol. The van der Waals surface area contributed by atoms with Crippen molar-refractivity contribution in [2.24, 2.45) is 10.7 Å². The number of nitrogens with zero attached hydrogens (tertiary/aromatic N) is 4. The maximum Gasteiger partial charge on any atom is 0.274 e. The Morgan fingerprint density at radius 3 is 2.93 bits per heavy atom. The number of carbonyl (C=O) groups excluding carboxylic acids is 1. The molecule has 0 spiro atoms. The van der Waals surface area contributed by atoms with E-state index in [0.717, 1.165) is 11.3 Å². The molecule has 3 N–H and O–H groups in total. The van der Waals surface area contributed by atoms with Crippen LogP contribution in [0.2, 0.25) is 5.02 Å². The van der Waals surface area contributed by atoms with Crippen LogP contribution in [0.1, 0.15) is 28.7 Å². The van der Waals surface area contributed by atoms with Crippen molar-refractivity contribution in [3.05, 3.63) is 76.8 Å². The highest BCUT2D eigenvalue weighted by Gasteiger charge is 2.32. The van der Waals surface area contributed by atoms with Gasteiger partial charge in [-0.3, -0.25) is 14.5 Å². The van der Waals surface area contributed by atoms with E-state index in [1.165, 1.54) is 6.20 Å². The number of hydrogen-bond acceptors (Lipinski definition) is 5. The highest BCUT2D eigenvalue weighted by molar-refractivity contribution is 6.30. The van der Waals surface area contributed by atoms with Gasteiger partial charge in [-0.25, -0.2) is 4.98 Å². The highest BCUT2D eigenvalue weighted by Crippen LogP contribution is 2.32. The van der Waals surface area contributed by atoms with Crippen LogP contribution in [0, 0.1) is 0 Å².